The minimum Gasteiger partial charge on any atom is -0.480 e. The maximum Gasteiger partial charge on any atom is 0.317 e. The molecule has 106 valence electrons. The zero-order valence-electron chi connectivity index (χ0n) is 10.9. The van der Waals surface area contributed by atoms with Crippen molar-refractivity contribution in [3.63, 3.8) is 0 Å². The molecule has 0 aliphatic carbocycles. The van der Waals surface area contributed by atoms with Crippen LogP contribution >= 0.6 is 0 Å². The van der Waals surface area contributed by atoms with Crippen LogP contribution in [0.1, 0.15) is 12.8 Å². The summed E-state index contributed by atoms with van der Waals surface area (Å²) in [6.45, 7) is 2.57. The van der Waals surface area contributed by atoms with E-state index in [-0.39, 0.29) is 24.8 Å². The number of aliphatic carboxylic acids is 1. The van der Waals surface area contributed by atoms with Gasteiger partial charge in [-0.3, -0.25) is 9.69 Å². The van der Waals surface area contributed by atoms with Crippen LogP contribution in [0, 0.1) is 5.82 Å². The molecule has 2 aromatic rings. The molecule has 0 unspecified atom stereocenters. The van der Waals surface area contributed by atoms with Crippen molar-refractivity contribution >= 4 is 5.97 Å². The second-order valence-electron chi connectivity index (χ2n) is 4.20. The average molecular weight is 279 g/mol. The number of carboxylic acid groups (broad SMARTS) is 1. The van der Waals surface area contributed by atoms with E-state index in [1.165, 1.54) is 12.1 Å². The summed E-state index contributed by atoms with van der Waals surface area (Å²) in [6, 6.07) is 5.70. The van der Waals surface area contributed by atoms with Gasteiger partial charge in [0.15, 0.2) is 0 Å². The van der Waals surface area contributed by atoms with E-state index in [0.29, 0.717) is 18.0 Å². The van der Waals surface area contributed by atoms with Crippen molar-refractivity contribution in [2.75, 3.05) is 13.1 Å². The minimum absolute atomic E-state index is 0.0925. The van der Waals surface area contributed by atoms with Crippen LogP contribution < -0.4 is 0 Å². The molecule has 0 amide bonds. The Hall–Kier alpha value is -2.28. The van der Waals surface area contributed by atoms with E-state index in [0.717, 1.165) is 0 Å². The van der Waals surface area contributed by atoms with Crippen molar-refractivity contribution in [1.82, 2.24) is 15.1 Å². The lowest BCUT2D eigenvalue weighted by molar-refractivity contribution is -0.138. The quantitative estimate of drug-likeness (QED) is 0.868. The number of benzene rings is 1. The molecule has 0 fully saturated rings. The van der Waals surface area contributed by atoms with Gasteiger partial charge in [-0.1, -0.05) is 6.92 Å². The van der Waals surface area contributed by atoms with Gasteiger partial charge in [0, 0.05) is 5.56 Å². The Labute approximate surface area is 114 Å². The molecule has 20 heavy (non-hydrogen) atoms. The Bertz CT molecular complexity index is 583. The third kappa shape index (κ3) is 3.61. The predicted octanol–water partition coefficient (Wildman–Crippen LogP) is 1.78. The number of carbonyl (C=O) groups is 1. The number of nitrogens with zero attached hydrogens (tertiary/aromatic N) is 3. The zero-order chi connectivity index (χ0) is 14.5. The Morgan fingerprint density at radius 2 is 2.05 bits per heavy atom. The van der Waals surface area contributed by atoms with E-state index in [4.69, 9.17) is 9.52 Å². The van der Waals surface area contributed by atoms with Crippen molar-refractivity contribution < 1.29 is 18.7 Å². The van der Waals surface area contributed by atoms with Gasteiger partial charge < -0.3 is 9.52 Å². The Morgan fingerprint density at radius 3 is 2.65 bits per heavy atom. The molecule has 0 atom stereocenters. The molecule has 0 spiro atoms. The number of halogens is 1. The molecular formula is C13H14FN3O3. The molecule has 1 aromatic heterocycles. The fourth-order valence-corrected chi connectivity index (χ4v) is 1.69. The third-order valence-corrected chi connectivity index (χ3v) is 2.72. The summed E-state index contributed by atoms with van der Waals surface area (Å²) in [4.78, 5) is 12.3. The maximum absolute atomic E-state index is 12.8. The average Bonchev–Trinajstić information content (AvgIpc) is 2.87. The number of carboxylic acids is 1. The number of likely N-dealkylation sites (N-methyl/N-ethyl adjacent to an activating group) is 1. The highest BCUT2D eigenvalue weighted by molar-refractivity contribution is 5.69. The third-order valence-electron chi connectivity index (χ3n) is 2.72. The van der Waals surface area contributed by atoms with E-state index < -0.39 is 5.97 Å². The van der Waals surface area contributed by atoms with Gasteiger partial charge >= 0.3 is 5.97 Å². The summed E-state index contributed by atoms with van der Waals surface area (Å²) >= 11 is 0. The molecule has 0 radical (unpaired) electrons. The van der Waals surface area contributed by atoms with Gasteiger partial charge in [-0.2, -0.15) is 0 Å². The standard InChI is InChI=1S/C13H14FN3O3/c1-2-17(8-12(18)19)7-11-15-16-13(20-11)9-3-5-10(14)6-4-9/h3-6H,2,7-8H2,1H3,(H,18,19). The summed E-state index contributed by atoms with van der Waals surface area (Å²) < 4.78 is 18.3. The van der Waals surface area contributed by atoms with E-state index in [1.54, 1.807) is 17.0 Å². The van der Waals surface area contributed by atoms with E-state index in [9.17, 15) is 9.18 Å². The SMILES string of the molecule is CCN(CC(=O)O)Cc1nnc(-c2ccc(F)cc2)o1. The van der Waals surface area contributed by atoms with Crippen LogP contribution in [0.3, 0.4) is 0 Å². The molecule has 6 nitrogen and oxygen atoms in total. The topological polar surface area (TPSA) is 79.5 Å². The summed E-state index contributed by atoms with van der Waals surface area (Å²) in [6.07, 6.45) is 0. The van der Waals surface area contributed by atoms with Crippen LogP contribution in [-0.4, -0.2) is 39.3 Å². The van der Waals surface area contributed by atoms with Crippen molar-refractivity contribution in [2.45, 2.75) is 13.5 Å². The highest BCUT2D eigenvalue weighted by Gasteiger charge is 2.14. The van der Waals surface area contributed by atoms with Gasteiger partial charge in [0.1, 0.15) is 5.82 Å². The fraction of sp³-hybridized carbons (Fsp3) is 0.308. The Morgan fingerprint density at radius 1 is 1.35 bits per heavy atom. The second kappa shape index (κ2) is 6.25. The van der Waals surface area contributed by atoms with E-state index >= 15 is 0 Å². The molecule has 1 heterocycles. The molecule has 0 aliphatic rings. The first-order chi connectivity index (χ1) is 9.58. The lowest BCUT2D eigenvalue weighted by Gasteiger charge is -2.14. The lowest BCUT2D eigenvalue weighted by atomic mass is 10.2. The summed E-state index contributed by atoms with van der Waals surface area (Å²) in [5.74, 6) is -0.643. The normalized spacial score (nSPS) is 10.9. The first-order valence-electron chi connectivity index (χ1n) is 6.11. The van der Waals surface area contributed by atoms with Crippen LogP contribution in [0.25, 0.3) is 11.5 Å². The maximum atomic E-state index is 12.8. The lowest BCUT2D eigenvalue weighted by Crippen LogP contribution is -2.29. The number of hydrogen-bond donors (Lipinski definition) is 1. The molecule has 1 aromatic carbocycles. The van der Waals surface area contributed by atoms with Crippen LogP contribution in [-0.2, 0) is 11.3 Å². The van der Waals surface area contributed by atoms with Crippen molar-refractivity contribution in [2.24, 2.45) is 0 Å². The zero-order valence-corrected chi connectivity index (χ0v) is 10.9. The smallest absolute Gasteiger partial charge is 0.317 e. The second-order valence-corrected chi connectivity index (χ2v) is 4.20. The molecule has 2 rings (SSSR count). The van der Waals surface area contributed by atoms with Gasteiger partial charge in [0.25, 0.3) is 0 Å². The minimum atomic E-state index is -0.912. The Balaban J connectivity index is 2.08. The van der Waals surface area contributed by atoms with Crippen molar-refractivity contribution in [3.8, 4) is 11.5 Å². The predicted molar refractivity (Wildman–Crippen MR) is 68.3 cm³/mol. The van der Waals surface area contributed by atoms with Crippen LogP contribution in [0.5, 0.6) is 0 Å². The van der Waals surface area contributed by atoms with Crippen molar-refractivity contribution in [1.29, 1.82) is 0 Å². The molecule has 7 heteroatoms. The summed E-state index contributed by atoms with van der Waals surface area (Å²) in [7, 11) is 0. The molecule has 1 N–H and O–H groups in total. The fourth-order valence-electron chi connectivity index (χ4n) is 1.69. The van der Waals surface area contributed by atoms with Crippen molar-refractivity contribution in [3.05, 3.63) is 36.0 Å². The van der Waals surface area contributed by atoms with Crippen LogP contribution in [0.15, 0.2) is 28.7 Å². The Kier molecular flexibility index (Phi) is 4.41. The molecule has 0 aliphatic heterocycles. The van der Waals surface area contributed by atoms with Gasteiger partial charge in [0.2, 0.25) is 11.8 Å². The van der Waals surface area contributed by atoms with E-state index in [2.05, 4.69) is 10.2 Å². The largest absolute Gasteiger partial charge is 0.480 e. The number of aromatic nitrogens is 2. The number of rotatable bonds is 6. The van der Waals surface area contributed by atoms with Gasteiger partial charge in [0.05, 0.1) is 13.1 Å². The molecular weight excluding hydrogens is 265 g/mol. The van der Waals surface area contributed by atoms with Gasteiger partial charge in [-0.25, -0.2) is 4.39 Å². The highest BCUT2D eigenvalue weighted by Crippen LogP contribution is 2.18. The molecule has 0 saturated carbocycles. The van der Waals surface area contributed by atoms with Gasteiger partial charge in [-0.05, 0) is 30.8 Å². The van der Waals surface area contributed by atoms with E-state index in [1.807, 2.05) is 6.92 Å². The monoisotopic (exact) mass is 279 g/mol. The summed E-state index contributed by atoms with van der Waals surface area (Å²) in [5, 5.41) is 16.5. The summed E-state index contributed by atoms with van der Waals surface area (Å²) in [5.41, 5.74) is 0.617. The highest BCUT2D eigenvalue weighted by atomic mass is 19.1. The molecule has 0 saturated heterocycles. The van der Waals surface area contributed by atoms with Crippen LogP contribution in [0.2, 0.25) is 0 Å². The van der Waals surface area contributed by atoms with Gasteiger partial charge in [-0.15, -0.1) is 10.2 Å². The first-order valence-corrected chi connectivity index (χ1v) is 6.11. The first kappa shape index (κ1) is 14.1. The molecule has 0 bridgehead atoms. The van der Waals surface area contributed by atoms with Crippen LogP contribution in [0.4, 0.5) is 4.39 Å². The number of hydrogen-bond acceptors (Lipinski definition) is 5.